The Bertz CT molecular complexity index is 544. The SMILES string of the molecule is CC(=NCc1ccccc1C)C1=C(O)CNC1=O. The van der Waals surface area contributed by atoms with Crippen LogP contribution in [-0.4, -0.2) is 23.3 Å². The molecule has 94 valence electrons. The maximum absolute atomic E-state index is 11.5. The average molecular weight is 244 g/mol. The lowest BCUT2D eigenvalue weighted by Gasteiger charge is -2.04. The van der Waals surface area contributed by atoms with E-state index in [0.717, 1.165) is 5.56 Å². The van der Waals surface area contributed by atoms with Crippen molar-refractivity contribution >= 4 is 11.6 Å². The fourth-order valence-electron chi connectivity index (χ4n) is 1.92. The molecule has 1 aliphatic heterocycles. The number of hydrogen-bond donors (Lipinski definition) is 2. The fraction of sp³-hybridized carbons (Fsp3) is 0.286. The Labute approximate surface area is 106 Å². The molecule has 0 saturated carbocycles. The van der Waals surface area contributed by atoms with Gasteiger partial charge in [-0.1, -0.05) is 24.3 Å². The Balaban J connectivity index is 2.18. The third-order valence-corrected chi connectivity index (χ3v) is 3.04. The molecule has 1 aromatic carbocycles. The first-order valence-corrected chi connectivity index (χ1v) is 5.86. The van der Waals surface area contributed by atoms with Crippen LogP contribution in [0.25, 0.3) is 0 Å². The van der Waals surface area contributed by atoms with Gasteiger partial charge in [0.15, 0.2) is 0 Å². The summed E-state index contributed by atoms with van der Waals surface area (Å²) in [7, 11) is 0. The van der Waals surface area contributed by atoms with Crippen molar-refractivity contribution < 1.29 is 9.90 Å². The molecule has 0 unspecified atom stereocenters. The van der Waals surface area contributed by atoms with Crippen LogP contribution in [0.4, 0.5) is 0 Å². The zero-order chi connectivity index (χ0) is 13.1. The number of hydrogen-bond acceptors (Lipinski definition) is 3. The maximum Gasteiger partial charge on any atom is 0.256 e. The molecule has 1 heterocycles. The standard InChI is InChI=1S/C14H16N2O2/c1-9-5-3-4-6-11(9)7-15-10(2)13-12(17)8-16-14(13)18/h3-6,17H,7-8H2,1-2H3,(H,16,18). The predicted molar refractivity (Wildman–Crippen MR) is 70.7 cm³/mol. The quantitative estimate of drug-likeness (QED) is 0.798. The highest BCUT2D eigenvalue weighted by Crippen LogP contribution is 2.13. The van der Waals surface area contributed by atoms with Crippen LogP contribution in [0, 0.1) is 6.92 Å². The first-order chi connectivity index (χ1) is 8.59. The third-order valence-electron chi connectivity index (χ3n) is 3.04. The molecule has 0 saturated heterocycles. The van der Waals surface area contributed by atoms with Crippen LogP contribution in [0.5, 0.6) is 0 Å². The number of benzene rings is 1. The van der Waals surface area contributed by atoms with Crippen LogP contribution in [-0.2, 0) is 11.3 Å². The molecule has 2 rings (SSSR count). The van der Waals surface area contributed by atoms with Gasteiger partial charge < -0.3 is 10.4 Å². The van der Waals surface area contributed by atoms with Crippen molar-refractivity contribution in [1.29, 1.82) is 0 Å². The highest BCUT2D eigenvalue weighted by Gasteiger charge is 2.24. The lowest BCUT2D eigenvalue weighted by Crippen LogP contribution is -2.20. The van der Waals surface area contributed by atoms with Gasteiger partial charge in [0.05, 0.1) is 18.7 Å². The molecule has 1 aromatic rings. The van der Waals surface area contributed by atoms with Gasteiger partial charge in [-0.3, -0.25) is 9.79 Å². The summed E-state index contributed by atoms with van der Waals surface area (Å²) in [6.07, 6.45) is 0. The minimum absolute atomic E-state index is 0.0750. The Morgan fingerprint density at radius 3 is 2.78 bits per heavy atom. The van der Waals surface area contributed by atoms with Crippen LogP contribution < -0.4 is 5.32 Å². The molecule has 0 atom stereocenters. The summed E-state index contributed by atoms with van der Waals surface area (Å²) in [5.41, 5.74) is 3.17. The highest BCUT2D eigenvalue weighted by atomic mass is 16.3. The molecule has 4 nitrogen and oxygen atoms in total. The molecule has 0 aliphatic carbocycles. The van der Waals surface area contributed by atoms with Crippen LogP contribution in [0.15, 0.2) is 40.6 Å². The molecular formula is C14H16N2O2. The smallest absolute Gasteiger partial charge is 0.256 e. The number of aliphatic hydroxyl groups excluding tert-OH is 1. The van der Waals surface area contributed by atoms with Crippen molar-refractivity contribution in [2.75, 3.05) is 6.54 Å². The van der Waals surface area contributed by atoms with Crippen molar-refractivity contribution in [3.05, 3.63) is 46.7 Å². The van der Waals surface area contributed by atoms with Crippen LogP contribution >= 0.6 is 0 Å². The summed E-state index contributed by atoms with van der Waals surface area (Å²) >= 11 is 0. The van der Waals surface area contributed by atoms with Crippen LogP contribution in [0.1, 0.15) is 18.1 Å². The van der Waals surface area contributed by atoms with E-state index in [0.29, 0.717) is 17.8 Å². The monoisotopic (exact) mass is 244 g/mol. The van der Waals surface area contributed by atoms with Crippen LogP contribution in [0.2, 0.25) is 0 Å². The molecular weight excluding hydrogens is 228 g/mol. The molecule has 1 aliphatic rings. The Hall–Kier alpha value is -2.10. The normalized spacial score (nSPS) is 16.1. The van der Waals surface area contributed by atoms with Gasteiger partial charge in [-0.05, 0) is 25.0 Å². The molecule has 0 bridgehead atoms. The Morgan fingerprint density at radius 1 is 1.44 bits per heavy atom. The number of aliphatic hydroxyl groups is 1. The van der Waals surface area contributed by atoms with Gasteiger partial charge in [0, 0.05) is 5.71 Å². The van der Waals surface area contributed by atoms with Crippen molar-refractivity contribution in [1.82, 2.24) is 5.32 Å². The molecule has 0 fully saturated rings. The summed E-state index contributed by atoms with van der Waals surface area (Å²) in [5, 5.41) is 12.2. The Morgan fingerprint density at radius 2 is 2.17 bits per heavy atom. The second-order valence-corrected chi connectivity index (χ2v) is 4.33. The molecule has 2 N–H and O–H groups in total. The number of carbonyl (C=O) groups excluding carboxylic acids is 1. The van der Waals surface area contributed by atoms with Gasteiger partial charge >= 0.3 is 0 Å². The molecule has 0 radical (unpaired) electrons. The van der Waals surface area contributed by atoms with E-state index in [9.17, 15) is 9.90 Å². The minimum Gasteiger partial charge on any atom is -0.510 e. The lowest BCUT2D eigenvalue weighted by atomic mass is 10.1. The zero-order valence-electron chi connectivity index (χ0n) is 10.5. The molecule has 18 heavy (non-hydrogen) atoms. The molecule has 0 spiro atoms. The molecule has 1 amide bonds. The predicted octanol–water partition coefficient (Wildman–Crippen LogP) is 1.90. The fourth-order valence-corrected chi connectivity index (χ4v) is 1.92. The summed E-state index contributed by atoms with van der Waals surface area (Å²) in [6, 6.07) is 7.98. The summed E-state index contributed by atoms with van der Waals surface area (Å²) in [6.45, 7) is 4.49. The van der Waals surface area contributed by atoms with Gasteiger partial charge in [0.2, 0.25) is 0 Å². The van der Waals surface area contributed by atoms with E-state index < -0.39 is 0 Å². The van der Waals surface area contributed by atoms with E-state index in [1.165, 1.54) is 5.56 Å². The van der Waals surface area contributed by atoms with Gasteiger partial charge in [0.1, 0.15) is 5.76 Å². The van der Waals surface area contributed by atoms with Crippen molar-refractivity contribution in [2.24, 2.45) is 4.99 Å². The van der Waals surface area contributed by atoms with Gasteiger partial charge in [-0.25, -0.2) is 0 Å². The van der Waals surface area contributed by atoms with E-state index in [1.54, 1.807) is 6.92 Å². The second-order valence-electron chi connectivity index (χ2n) is 4.33. The van der Waals surface area contributed by atoms with Crippen molar-refractivity contribution in [2.45, 2.75) is 20.4 Å². The maximum atomic E-state index is 11.5. The number of aliphatic imine (C=N–C) groups is 1. The average Bonchev–Trinajstić information content (AvgIpc) is 2.68. The van der Waals surface area contributed by atoms with Gasteiger partial charge in [-0.15, -0.1) is 0 Å². The first-order valence-electron chi connectivity index (χ1n) is 5.86. The summed E-state index contributed by atoms with van der Waals surface area (Å²) < 4.78 is 0. The topological polar surface area (TPSA) is 61.7 Å². The number of carbonyl (C=O) groups is 1. The second kappa shape index (κ2) is 5.04. The van der Waals surface area contributed by atoms with Crippen molar-refractivity contribution in [3.63, 3.8) is 0 Å². The Kier molecular flexibility index (Phi) is 3.46. The van der Waals surface area contributed by atoms with Gasteiger partial charge in [0.25, 0.3) is 5.91 Å². The van der Waals surface area contributed by atoms with E-state index in [1.807, 2.05) is 31.2 Å². The van der Waals surface area contributed by atoms with Gasteiger partial charge in [-0.2, -0.15) is 0 Å². The molecule has 0 aromatic heterocycles. The highest BCUT2D eigenvalue weighted by molar-refractivity contribution is 6.22. The number of rotatable bonds is 3. The lowest BCUT2D eigenvalue weighted by molar-refractivity contribution is -0.116. The number of nitrogens with one attached hydrogen (secondary N) is 1. The minimum atomic E-state index is -0.251. The molecule has 4 heteroatoms. The number of aryl methyl sites for hydroxylation is 1. The van der Waals surface area contributed by atoms with E-state index in [2.05, 4.69) is 10.3 Å². The largest absolute Gasteiger partial charge is 0.510 e. The summed E-state index contributed by atoms with van der Waals surface area (Å²) in [5.74, 6) is -0.176. The van der Waals surface area contributed by atoms with E-state index in [-0.39, 0.29) is 18.2 Å². The van der Waals surface area contributed by atoms with Crippen LogP contribution in [0.3, 0.4) is 0 Å². The van der Waals surface area contributed by atoms with E-state index >= 15 is 0 Å². The zero-order valence-corrected chi connectivity index (χ0v) is 10.5. The first kappa shape index (κ1) is 12.4. The number of amides is 1. The van der Waals surface area contributed by atoms with E-state index in [4.69, 9.17) is 0 Å². The third kappa shape index (κ3) is 2.42. The number of nitrogens with zero attached hydrogens (tertiary/aromatic N) is 1. The summed E-state index contributed by atoms with van der Waals surface area (Å²) in [4.78, 5) is 15.9. The van der Waals surface area contributed by atoms with Crippen molar-refractivity contribution in [3.8, 4) is 0 Å².